The van der Waals surface area contributed by atoms with Crippen molar-refractivity contribution in [1.82, 2.24) is 14.3 Å². The van der Waals surface area contributed by atoms with Gasteiger partial charge in [-0.25, -0.2) is 13.4 Å². The maximum Gasteiger partial charge on any atom is 0.256 e. The molecular weight excluding hydrogens is 482 g/mol. The van der Waals surface area contributed by atoms with Crippen molar-refractivity contribution in [2.45, 2.75) is 4.90 Å². The predicted molar refractivity (Wildman–Crippen MR) is 122 cm³/mol. The second kappa shape index (κ2) is 9.13. The van der Waals surface area contributed by atoms with Gasteiger partial charge >= 0.3 is 0 Å². The van der Waals surface area contributed by atoms with Crippen LogP contribution < -0.4 is 10.2 Å². The molecule has 2 aromatic carbocycles. The number of piperazine rings is 1. The van der Waals surface area contributed by atoms with Crippen molar-refractivity contribution < 1.29 is 13.2 Å². The standard InChI is InChI=1S/C21H20BrN5O3S/c22-19-4-2-1-3-18(19)21(28)25-16-5-7-17(8-6-16)31(29,30)27-13-11-26(12-14-27)20-15-23-9-10-24-20/h1-10,15H,11-14H2,(H,25,28). The Labute approximate surface area is 189 Å². The van der Waals surface area contributed by atoms with Crippen molar-refractivity contribution in [3.05, 3.63) is 77.2 Å². The molecule has 0 saturated carbocycles. The van der Waals surface area contributed by atoms with Crippen molar-refractivity contribution >= 4 is 43.4 Å². The van der Waals surface area contributed by atoms with E-state index in [1.54, 1.807) is 48.9 Å². The minimum Gasteiger partial charge on any atom is -0.353 e. The molecule has 3 aromatic rings. The number of benzene rings is 2. The summed E-state index contributed by atoms with van der Waals surface area (Å²) in [6, 6.07) is 13.3. The molecule has 31 heavy (non-hydrogen) atoms. The number of hydrogen-bond donors (Lipinski definition) is 1. The molecule has 0 bridgehead atoms. The Kier molecular flexibility index (Phi) is 6.30. The van der Waals surface area contributed by atoms with Crippen LogP contribution in [0.3, 0.4) is 0 Å². The largest absolute Gasteiger partial charge is 0.353 e. The zero-order chi connectivity index (χ0) is 21.8. The Morgan fingerprint density at radius 3 is 2.32 bits per heavy atom. The van der Waals surface area contributed by atoms with Gasteiger partial charge < -0.3 is 10.2 Å². The van der Waals surface area contributed by atoms with Gasteiger partial charge in [0.05, 0.1) is 16.7 Å². The van der Waals surface area contributed by atoms with Gasteiger partial charge in [-0.05, 0) is 52.3 Å². The minimum absolute atomic E-state index is 0.194. The molecule has 2 heterocycles. The van der Waals surface area contributed by atoms with E-state index in [2.05, 4.69) is 31.2 Å². The van der Waals surface area contributed by atoms with Crippen molar-refractivity contribution in [3.63, 3.8) is 0 Å². The molecule has 1 aliphatic heterocycles. The average molecular weight is 502 g/mol. The topological polar surface area (TPSA) is 95.5 Å². The average Bonchev–Trinajstić information content (AvgIpc) is 2.80. The highest BCUT2D eigenvalue weighted by molar-refractivity contribution is 9.10. The molecule has 1 saturated heterocycles. The van der Waals surface area contributed by atoms with E-state index in [9.17, 15) is 13.2 Å². The third-order valence-corrected chi connectivity index (χ3v) is 7.58. The third-order valence-electron chi connectivity index (χ3n) is 4.98. The van der Waals surface area contributed by atoms with Gasteiger partial charge in [-0.15, -0.1) is 0 Å². The molecule has 0 radical (unpaired) electrons. The Hall–Kier alpha value is -2.82. The number of carbonyl (C=O) groups is 1. The van der Waals surface area contributed by atoms with Gasteiger partial charge in [-0.1, -0.05) is 12.1 Å². The SMILES string of the molecule is O=C(Nc1ccc(S(=O)(=O)N2CCN(c3cnccn3)CC2)cc1)c1ccccc1Br. The van der Waals surface area contributed by atoms with Crippen LogP contribution in [0.4, 0.5) is 11.5 Å². The summed E-state index contributed by atoms with van der Waals surface area (Å²) in [6.07, 6.45) is 4.90. The highest BCUT2D eigenvalue weighted by Crippen LogP contribution is 2.22. The number of carbonyl (C=O) groups excluding carboxylic acids is 1. The second-order valence-corrected chi connectivity index (χ2v) is 9.71. The van der Waals surface area contributed by atoms with E-state index in [1.165, 1.54) is 16.4 Å². The molecule has 0 spiro atoms. The Morgan fingerprint density at radius 1 is 0.968 bits per heavy atom. The van der Waals surface area contributed by atoms with Crippen LogP contribution in [-0.2, 0) is 10.0 Å². The summed E-state index contributed by atoms with van der Waals surface area (Å²) < 4.78 is 28.2. The third kappa shape index (κ3) is 4.76. The van der Waals surface area contributed by atoms with E-state index < -0.39 is 10.0 Å². The number of amides is 1. The van der Waals surface area contributed by atoms with E-state index in [0.717, 1.165) is 5.82 Å². The van der Waals surface area contributed by atoms with Crippen LogP contribution in [0.25, 0.3) is 0 Å². The monoisotopic (exact) mass is 501 g/mol. The van der Waals surface area contributed by atoms with E-state index in [0.29, 0.717) is 41.9 Å². The molecule has 1 fully saturated rings. The number of rotatable bonds is 5. The smallest absolute Gasteiger partial charge is 0.256 e. The molecule has 0 atom stereocenters. The zero-order valence-electron chi connectivity index (χ0n) is 16.5. The number of anilines is 2. The van der Waals surface area contributed by atoms with E-state index in [-0.39, 0.29) is 10.8 Å². The summed E-state index contributed by atoms with van der Waals surface area (Å²) in [5.74, 6) is 0.466. The van der Waals surface area contributed by atoms with Crippen molar-refractivity contribution in [2.24, 2.45) is 0 Å². The number of sulfonamides is 1. The van der Waals surface area contributed by atoms with Gasteiger partial charge in [0.1, 0.15) is 5.82 Å². The summed E-state index contributed by atoms with van der Waals surface area (Å²) in [6.45, 7) is 1.80. The van der Waals surface area contributed by atoms with Crippen LogP contribution in [0.5, 0.6) is 0 Å². The van der Waals surface area contributed by atoms with E-state index in [1.807, 2.05) is 11.0 Å². The Bertz CT molecular complexity index is 1170. The van der Waals surface area contributed by atoms with Crippen LogP contribution in [-0.4, -0.2) is 54.8 Å². The Morgan fingerprint density at radius 2 is 1.68 bits per heavy atom. The maximum atomic E-state index is 13.0. The Balaban J connectivity index is 1.41. The molecular formula is C21H20BrN5O3S. The molecule has 160 valence electrons. The van der Waals surface area contributed by atoms with E-state index in [4.69, 9.17) is 0 Å². The fraction of sp³-hybridized carbons (Fsp3) is 0.190. The highest BCUT2D eigenvalue weighted by Gasteiger charge is 2.29. The lowest BCUT2D eigenvalue weighted by molar-refractivity contribution is 0.102. The quantitative estimate of drug-likeness (QED) is 0.577. The molecule has 0 aliphatic carbocycles. The molecule has 4 rings (SSSR count). The summed E-state index contributed by atoms with van der Waals surface area (Å²) in [5.41, 5.74) is 1.02. The van der Waals surface area contributed by atoms with Crippen LogP contribution in [0.1, 0.15) is 10.4 Å². The van der Waals surface area contributed by atoms with Crippen molar-refractivity contribution in [1.29, 1.82) is 0 Å². The molecule has 1 aromatic heterocycles. The number of hydrogen-bond acceptors (Lipinski definition) is 6. The van der Waals surface area contributed by atoms with Gasteiger partial charge in [0, 0.05) is 48.7 Å². The summed E-state index contributed by atoms with van der Waals surface area (Å²) in [5, 5.41) is 2.78. The van der Waals surface area contributed by atoms with Crippen molar-refractivity contribution in [2.75, 3.05) is 36.4 Å². The highest BCUT2D eigenvalue weighted by atomic mass is 79.9. The number of nitrogens with one attached hydrogen (secondary N) is 1. The number of halogens is 1. The van der Waals surface area contributed by atoms with Crippen molar-refractivity contribution in [3.8, 4) is 0 Å². The lowest BCUT2D eigenvalue weighted by Gasteiger charge is -2.34. The minimum atomic E-state index is -3.62. The first-order chi connectivity index (χ1) is 14.9. The normalized spacial score (nSPS) is 14.9. The summed E-state index contributed by atoms with van der Waals surface area (Å²) in [4.78, 5) is 23.0. The van der Waals surface area contributed by atoms with Gasteiger partial charge in [0.25, 0.3) is 5.91 Å². The molecule has 1 aliphatic rings. The lowest BCUT2D eigenvalue weighted by atomic mass is 10.2. The first-order valence-electron chi connectivity index (χ1n) is 9.62. The molecule has 1 amide bonds. The lowest BCUT2D eigenvalue weighted by Crippen LogP contribution is -2.48. The maximum absolute atomic E-state index is 13.0. The molecule has 8 nitrogen and oxygen atoms in total. The van der Waals surface area contributed by atoms with Gasteiger partial charge in [0.2, 0.25) is 10.0 Å². The van der Waals surface area contributed by atoms with Crippen LogP contribution in [0, 0.1) is 0 Å². The summed E-state index contributed by atoms with van der Waals surface area (Å²) in [7, 11) is -3.62. The number of nitrogens with zero attached hydrogens (tertiary/aromatic N) is 4. The number of aromatic nitrogens is 2. The second-order valence-electron chi connectivity index (χ2n) is 6.91. The van der Waals surface area contributed by atoms with Crippen LogP contribution >= 0.6 is 15.9 Å². The zero-order valence-corrected chi connectivity index (χ0v) is 18.9. The fourth-order valence-electron chi connectivity index (χ4n) is 3.32. The molecule has 10 heteroatoms. The van der Waals surface area contributed by atoms with Crippen LogP contribution in [0.2, 0.25) is 0 Å². The first kappa shape index (κ1) is 21.4. The predicted octanol–water partition coefficient (Wildman–Crippen LogP) is 3.00. The summed E-state index contributed by atoms with van der Waals surface area (Å²) >= 11 is 3.35. The fourth-order valence-corrected chi connectivity index (χ4v) is 5.20. The van der Waals surface area contributed by atoms with E-state index >= 15 is 0 Å². The molecule has 1 N–H and O–H groups in total. The van der Waals surface area contributed by atoms with Gasteiger partial charge in [-0.3, -0.25) is 9.78 Å². The van der Waals surface area contributed by atoms with Gasteiger partial charge in [0.15, 0.2) is 0 Å². The van der Waals surface area contributed by atoms with Crippen LogP contribution in [0.15, 0.2) is 76.5 Å². The first-order valence-corrected chi connectivity index (χ1v) is 11.9. The molecule has 0 unspecified atom stereocenters. The van der Waals surface area contributed by atoms with Gasteiger partial charge in [-0.2, -0.15) is 4.31 Å².